The molecule has 2 aromatic carbocycles. The highest BCUT2D eigenvalue weighted by Gasteiger charge is 2.18. The van der Waals surface area contributed by atoms with Gasteiger partial charge in [0.1, 0.15) is 11.5 Å². The van der Waals surface area contributed by atoms with Gasteiger partial charge in [-0.15, -0.1) is 13.2 Å². The van der Waals surface area contributed by atoms with Crippen molar-refractivity contribution >= 4 is 17.5 Å². The Bertz CT molecular complexity index is 893. The molecule has 0 heterocycles. The van der Waals surface area contributed by atoms with Gasteiger partial charge in [-0.25, -0.2) is 0 Å². The number of carbonyl (C=O) groups is 1. The normalized spacial score (nSPS) is 11.0. The smallest absolute Gasteiger partial charge is 0.185 e. The molecule has 0 aliphatic rings. The van der Waals surface area contributed by atoms with Crippen LogP contribution in [0.2, 0.25) is 0 Å². The van der Waals surface area contributed by atoms with Gasteiger partial charge in [0.25, 0.3) is 0 Å². The lowest BCUT2D eigenvalue weighted by Gasteiger charge is -2.19. The van der Waals surface area contributed by atoms with Crippen molar-refractivity contribution in [1.82, 2.24) is 0 Å². The number of benzene rings is 2. The molecule has 0 fully saturated rings. The van der Waals surface area contributed by atoms with Crippen LogP contribution in [0.1, 0.15) is 40.9 Å². The lowest BCUT2D eigenvalue weighted by molar-refractivity contribution is 0.104. The molecular weight excluding hydrogens is 350 g/mol. The number of nitrogen functional groups attached to an aromatic ring is 1. The lowest BCUT2D eigenvalue weighted by atomic mass is 9.97. The van der Waals surface area contributed by atoms with Gasteiger partial charge >= 0.3 is 0 Å². The van der Waals surface area contributed by atoms with E-state index in [1.807, 2.05) is 19.9 Å². The van der Waals surface area contributed by atoms with Crippen LogP contribution in [-0.2, 0) is 12.8 Å². The predicted octanol–water partition coefficient (Wildman–Crippen LogP) is 5.11. The summed E-state index contributed by atoms with van der Waals surface area (Å²) in [5, 5.41) is 10.7. The summed E-state index contributed by atoms with van der Waals surface area (Å²) in [4.78, 5) is 12.5. The van der Waals surface area contributed by atoms with Crippen molar-refractivity contribution in [2.24, 2.45) is 0 Å². The fraction of sp³-hybridized carbons (Fsp3) is 0.208. The standard InChI is InChI=1S/C24H27NO3/c1-5-7-18-15-19(11-14-22(26)17-9-12-20(25)13-10-17)24(28-16(3)4)21(8-6-2)23(18)27/h5-6,9-16,27H,1-2,7-8,25H2,3-4H3/b14-11+. The van der Waals surface area contributed by atoms with Crippen molar-refractivity contribution in [3.63, 3.8) is 0 Å². The van der Waals surface area contributed by atoms with Gasteiger partial charge in [0.15, 0.2) is 5.78 Å². The quantitative estimate of drug-likeness (QED) is 0.275. The Hall–Kier alpha value is -3.27. The summed E-state index contributed by atoms with van der Waals surface area (Å²) in [6, 6.07) is 8.60. The Balaban J connectivity index is 2.52. The Labute approximate surface area is 166 Å². The first-order chi connectivity index (χ1) is 13.4. The highest BCUT2D eigenvalue weighted by atomic mass is 16.5. The second-order valence-electron chi connectivity index (χ2n) is 6.75. The van der Waals surface area contributed by atoms with Crippen LogP contribution in [0.4, 0.5) is 5.69 Å². The summed E-state index contributed by atoms with van der Waals surface area (Å²) in [5.74, 6) is 0.596. The van der Waals surface area contributed by atoms with E-state index in [1.54, 1.807) is 42.5 Å². The van der Waals surface area contributed by atoms with Crippen LogP contribution in [0.15, 0.2) is 61.7 Å². The van der Waals surface area contributed by atoms with Crippen molar-refractivity contribution in [1.29, 1.82) is 0 Å². The summed E-state index contributed by atoms with van der Waals surface area (Å²) in [7, 11) is 0. The van der Waals surface area contributed by atoms with Crippen molar-refractivity contribution in [3.05, 3.63) is 84.0 Å². The van der Waals surface area contributed by atoms with E-state index in [2.05, 4.69) is 13.2 Å². The molecular formula is C24H27NO3. The first kappa shape index (κ1) is 21.0. The molecule has 146 valence electrons. The van der Waals surface area contributed by atoms with Crippen molar-refractivity contribution in [2.45, 2.75) is 32.8 Å². The number of hydrogen-bond donors (Lipinski definition) is 2. The maximum atomic E-state index is 12.5. The number of allylic oxidation sites excluding steroid dienone is 3. The molecule has 0 amide bonds. The first-order valence-corrected chi connectivity index (χ1v) is 9.21. The summed E-state index contributed by atoms with van der Waals surface area (Å²) in [5.41, 5.74) is 8.94. The van der Waals surface area contributed by atoms with E-state index >= 15 is 0 Å². The SMILES string of the molecule is C=CCc1cc(/C=C/C(=O)c2ccc(N)cc2)c(OC(C)C)c(CC=C)c1O. The molecule has 3 N–H and O–H groups in total. The molecule has 0 aliphatic carbocycles. The molecule has 0 bridgehead atoms. The van der Waals surface area contributed by atoms with E-state index in [0.29, 0.717) is 35.4 Å². The van der Waals surface area contributed by atoms with Crippen LogP contribution in [0.25, 0.3) is 6.08 Å². The van der Waals surface area contributed by atoms with Crippen molar-refractivity contribution in [2.75, 3.05) is 5.73 Å². The zero-order chi connectivity index (χ0) is 20.7. The Morgan fingerprint density at radius 2 is 1.82 bits per heavy atom. The molecule has 0 spiro atoms. The second kappa shape index (κ2) is 9.60. The van der Waals surface area contributed by atoms with Crippen LogP contribution < -0.4 is 10.5 Å². The predicted molar refractivity (Wildman–Crippen MR) is 116 cm³/mol. The molecule has 4 heteroatoms. The van der Waals surface area contributed by atoms with Gasteiger partial charge in [0.05, 0.1) is 6.10 Å². The lowest BCUT2D eigenvalue weighted by Crippen LogP contribution is -2.10. The molecule has 0 radical (unpaired) electrons. The average Bonchev–Trinajstić information content (AvgIpc) is 2.66. The minimum absolute atomic E-state index is 0.0897. The van der Waals surface area contributed by atoms with Gasteiger partial charge in [-0.3, -0.25) is 4.79 Å². The van der Waals surface area contributed by atoms with Crippen LogP contribution in [0, 0.1) is 0 Å². The van der Waals surface area contributed by atoms with Gasteiger partial charge in [0.2, 0.25) is 0 Å². The van der Waals surface area contributed by atoms with E-state index in [-0.39, 0.29) is 17.6 Å². The molecule has 0 aliphatic heterocycles. The number of rotatable bonds is 9. The summed E-state index contributed by atoms with van der Waals surface area (Å²) in [6.45, 7) is 11.4. The first-order valence-electron chi connectivity index (χ1n) is 9.21. The van der Waals surface area contributed by atoms with E-state index < -0.39 is 0 Å². The van der Waals surface area contributed by atoms with Gasteiger partial charge in [-0.1, -0.05) is 12.2 Å². The number of hydrogen-bond acceptors (Lipinski definition) is 4. The van der Waals surface area contributed by atoms with E-state index in [4.69, 9.17) is 10.5 Å². The highest BCUT2D eigenvalue weighted by Crippen LogP contribution is 2.37. The van der Waals surface area contributed by atoms with Crippen LogP contribution in [0.5, 0.6) is 11.5 Å². The van der Waals surface area contributed by atoms with E-state index in [9.17, 15) is 9.90 Å². The second-order valence-corrected chi connectivity index (χ2v) is 6.75. The minimum Gasteiger partial charge on any atom is -0.507 e. The summed E-state index contributed by atoms with van der Waals surface area (Å²) in [6.07, 6.45) is 7.52. The molecule has 0 unspecified atom stereocenters. The molecule has 2 aromatic rings. The summed E-state index contributed by atoms with van der Waals surface area (Å²) >= 11 is 0. The highest BCUT2D eigenvalue weighted by molar-refractivity contribution is 6.07. The maximum Gasteiger partial charge on any atom is 0.185 e. The molecule has 0 aromatic heterocycles. The fourth-order valence-electron chi connectivity index (χ4n) is 2.85. The van der Waals surface area contributed by atoms with Gasteiger partial charge in [-0.2, -0.15) is 0 Å². The van der Waals surface area contributed by atoms with Crippen LogP contribution in [-0.4, -0.2) is 17.0 Å². The van der Waals surface area contributed by atoms with Gasteiger partial charge in [0, 0.05) is 22.4 Å². The molecule has 4 nitrogen and oxygen atoms in total. The Morgan fingerprint density at radius 1 is 1.18 bits per heavy atom. The third kappa shape index (κ3) is 5.13. The fourth-order valence-corrected chi connectivity index (χ4v) is 2.85. The number of carbonyl (C=O) groups excluding carboxylic acids is 1. The molecule has 0 saturated carbocycles. The van der Waals surface area contributed by atoms with Crippen molar-refractivity contribution < 1.29 is 14.6 Å². The largest absolute Gasteiger partial charge is 0.507 e. The Morgan fingerprint density at radius 3 is 2.39 bits per heavy atom. The van der Waals surface area contributed by atoms with Crippen LogP contribution >= 0.6 is 0 Å². The van der Waals surface area contributed by atoms with Gasteiger partial charge in [-0.05, 0) is 74.7 Å². The summed E-state index contributed by atoms with van der Waals surface area (Å²) < 4.78 is 5.98. The topological polar surface area (TPSA) is 72.6 Å². The number of anilines is 1. The third-order valence-corrected chi connectivity index (χ3v) is 4.13. The van der Waals surface area contributed by atoms with Gasteiger partial charge < -0.3 is 15.6 Å². The molecule has 2 rings (SSSR count). The Kier molecular flexibility index (Phi) is 7.21. The number of aromatic hydroxyl groups is 1. The molecule has 28 heavy (non-hydrogen) atoms. The third-order valence-electron chi connectivity index (χ3n) is 4.13. The number of ketones is 1. The zero-order valence-electron chi connectivity index (χ0n) is 16.4. The number of phenolic OH excluding ortho intramolecular Hbond substituents is 1. The zero-order valence-corrected chi connectivity index (χ0v) is 16.4. The molecule has 0 atom stereocenters. The number of ether oxygens (including phenoxy) is 1. The van der Waals surface area contributed by atoms with Crippen molar-refractivity contribution in [3.8, 4) is 11.5 Å². The van der Waals surface area contributed by atoms with Crippen LogP contribution in [0.3, 0.4) is 0 Å². The van der Waals surface area contributed by atoms with E-state index in [0.717, 1.165) is 11.1 Å². The monoisotopic (exact) mass is 377 g/mol. The minimum atomic E-state index is -0.140. The van der Waals surface area contributed by atoms with E-state index in [1.165, 1.54) is 6.08 Å². The number of phenols is 1. The average molecular weight is 377 g/mol. The number of nitrogens with two attached hydrogens (primary N) is 1. The maximum absolute atomic E-state index is 12.5. The molecule has 0 saturated heterocycles.